The van der Waals surface area contributed by atoms with Crippen molar-refractivity contribution in [2.45, 2.75) is 39.7 Å². The van der Waals surface area contributed by atoms with Crippen LogP contribution in [0.25, 0.3) is 20.7 Å². The number of fused-ring (bicyclic) bond motifs is 1. The molecule has 0 aliphatic rings. The van der Waals surface area contributed by atoms with Crippen LogP contribution >= 0.6 is 22.7 Å². The lowest BCUT2D eigenvalue weighted by Crippen LogP contribution is -2.26. The fourth-order valence-corrected chi connectivity index (χ4v) is 4.83. The highest BCUT2D eigenvalue weighted by Crippen LogP contribution is 2.38. The van der Waals surface area contributed by atoms with Gasteiger partial charge < -0.3 is 0 Å². The van der Waals surface area contributed by atoms with Gasteiger partial charge in [0.1, 0.15) is 17.3 Å². The van der Waals surface area contributed by atoms with E-state index in [4.69, 9.17) is 4.98 Å². The highest BCUT2D eigenvalue weighted by Gasteiger charge is 2.20. The Morgan fingerprint density at radius 3 is 2.78 bits per heavy atom. The van der Waals surface area contributed by atoms with Gasteiger partial charge in [-0.2, -0.15) is 0 Å². The molecule has 3 nitrogen and oxygen atoms in total. The zero-order valence-corrected chi connectivity index (χ0v) is 14.9. The summed E-state index contributed by atoms with van der Waals surface area (Å²) in [6.45, 7) is 3.66. The van der Waals surface area contributed by atoms with E-state index in [9.17, 15) is 9.18 Å². The Kier molecular flexibility index (Phi) is 4.92. The summed E-state index contributed by atoms with van der Waals surface area (Å²) >= 11 is 3.22. The van der Waals surface area contributed by atoms with Crippen LogP contribution in [0.1, 0.15) is 31.0 Å². The van der Waals surface area contributed by atoms with Crippen molar-refractivity contribution >= 4 is 32.9 Å². The molecule has 0 aliphatic carbocycles. The summed E-state index contributed by atoms with van der Waals surface area (Å²) in [6.07, 6.45) is 2.44. The summed E-state index contributed by atoms with van der Waals surface area (Å²) in [6, 6.07) is 4.02. The maximum absolute atomic E-state index is 13.0. The molecule has 0 spiro atoms. The fraction of sp³-hybridized carbons (Fsp3) is 0.412. The van der Waals surface area contributed by atoms with Crippen molar-refractivity contribution < 1.29 is 4.39 Å². The van der Waals surface area contributed by atoms with Gasteiger partial charge in [-0.15, -0.1) is 22.7 Å². The highest BCUT2D eigenvalue weighted by atomic mass is 32.1. The fourth-order valence-electron chi connectivity index (χ4n) is 2.83. The Morgan fingerprint density at radius 1 is 1.35 bits per heavy atom. The summed E-state index contributed by atoms with van der Waals surface area (Å²) in [5.41, 5.74) is 0.895. The average Bonchev–Trinajstić information content (AvgIpc) is 3.17. The van der Waals surface area contributed by atoms with Gasteiger partial charge in [0.2, 0.25) is 0 Å². The number of hydrogen-bond donors (Lipinski definition) is 0. The number of rotatable bonds is 6. The van der Waals surface area contributed by atoms with Gasteiger partial charge in [0.25, 0.3) is 5.56 Å². The van der Waals surface area contributed by atoms with Gasteiger partial charge >= 0.3 is 0 Å². The molecule has 0 aromatic carbocycles. The van der Waals surface area contributed by atoms with Crippen molar-refractivity contribution in [1.29, 1.82) is 0 Å². The van der Waals surface area contributed by atoms with Crippen LogP contribution in [0.5, 0.6) is 0 Å². The lowest BCUT2D eigenvalue weighted by atomic mass is 10.1. The second kappa shape index (κ2) is 6.93. The molecule has 122 valence electrons. The number of hydrogen-bond acceptors (Lipinski definition) is 4. The molecule has 0 N–H and O–H groups in total. The van der Waals surface area contributed by atoms with Gasteiger partial charge in [-0.3, -0.25) is 9.36 Å². The zero-order chi connectivity index (χ0) is 16.4. The Labute approximate surface area is 142 Å². The van der Waals surface area contributed by atoms with Crippen LogP contribution in [0.3, 0.4) is 0 Å². The van der Waals surface area contributed by atoms with Crippen molar-refractivity contribution in [2.75, 3.05) is 6.67 Å². The lowest BCUT2D eigenvalue weighted by molar-refractivity contribution is 0.431. The molecule has 0 saturated carbocycles. The SMILES string of the molecule is CCCc1nc2sc(CC)c(-c3cccs3)c2c(=O)n1CCF. The maximum atomic E-state index is 13.0. The molecular formula is C17H19FN2OS2. The smallest absolute Gasteiger partial charge is 0.263 e. The molecule has 0 atom stereocenters. The molecule has 0 radical (unpaired) electrons. The first-order valence-electron chi connectivity index (χ1n) is 7.86. The summed E-state index contributed by atoms with van der Waals surface area (Å²) in [7, 11) is 0. The second-order valence-corrected chi connectivity index (χ2v) is 7.37. The molecule has 3 rings (SSSR count). The molecule has 6 heteroatoms. The van der Waals surface area contributed by atoms with E-state index >= 15 is 0 Å². The van der Waals surface area contributed by atoms with Crippen LogP contribution in [0, 0.1) is 0 Å². The van der Waals surface area contributed by atoms with Crippen LogP contribution in [0.15, 0.2) is 22.3 Å². The average molecular weight is 350 g/mol. The van der Waals surface area contributed by atoms with Crippen molar-refractivity contribution in [3.05, 3.63) is 38.6 Å². The zero-order valence-electron chi connectivity index (χ0n) is 13.3. The van der Waals surface area contributed by atoms with E-state index in [2.05, 4.69) is 6.92 Å². The predicted octanol–water partition coefficient (Wildman–Crippen LogP) is 4.67. The Bertz CT molecular complexity index is 865. The van der Waals surface area contributed by atoms with Gasteiger partial charge in [0.15, 0.2) is 0 Å². The van der Waals surface area contributed by atoms with E-state index in [1.807, 2.05) is 24.4 Å². The monoisotopic (exact) mass is 350 g/mol. The molecule has 0 bridgehead atoms. The third-order valence-corrected chi connectivity index (χ3v) is 5.95. The second-order valence-electron chi connectivity index (χ2n) is 5.34. The predicted molar refractivity (Wildman–Crippen MR) is 96.5 cm³/mol. The standard InChI is InChI=1S/C17H19FN2OS2/c1-3-6-13-19-16-15(17(21)20(13)9-8-18)14(11(4-2)23-16)12-7-5-10-22-12/h5,7,10H,3-4,6,8-9H2,1-2H3. The number of aryl methyl sites for hydroxylation is 2. The molecule has 23 heavy (non-hydrogen) atoms. The Balaban J connectivity index is 2.36. The van der Waals surface area contributed by atoms with E-state index in [0.717, 1.165) is 28.1 Å². The Morgan fingerprint density at radius 2 is 2.17 bits per heavy atom. The van der Waals surface area contributed by atoms with Gasteiger partial charge in [-0.1, -0.05) is 19.9 Å². The van der Waals surface area contributed by atoms with Gasteiger partial charge in [0, 0.05) is 21.7 Å². The maximum Gasteiger partial charge on any atom is 0.263 e. The summed E-state index contributed by atoms with van der Waals surface area (Å²) in [5, 5.41) is 2.67. The molecular weight excluding hydrogens is 331 g/mol. The summed E-state index contributed by atoms with van der Waals surface area (Å²) in [4.78, 5) is 20.8. The quantitative estimate of drug-likeness (QED) is 0.647. The van der Waals surface area contributed by atoms with E-state index in [0.29, 0.717) is 17.6 Å². The largest absolute Gasteiger partial charge is 0.293 e. The molecule has 0 aliphatic heterocycles. The normalized spacial score (nSPS) is 11.4. The molecule has 0 saturated heterocycles. The van der Waals surface area contributed by atoms with Gasteiger partial charge in [-0.25, -0.2) is 9.37 Å². The third kappa shape index (κ3) is 2.85. The number of thiophene rings is 2. The topological polar surface area (TPSA) is 34.9 Å². The number of halogens is 1. The number of nitrogens with zero attached hydrogens (tertiary/aromatic N) is 2. The summed E-state index contributed by atoms with van der Waals surface area (Å²) in [5.74, 6) is 0.698. The van der Waals surface area contributed by atoms with Crippen LogP contribution in [-0.4, -0.2) is 16.2 Å². The van der Waals surface area contributed by atoms with Crippen LogP contribution < -0.4 is 5.56 Å². The molecule has 0 unspecified atom stereocenters. The lowest BCUT2D eigenvalue weighted by Gasteiger charge is -2.10. The molecule has 0 amide bonds. The minimum atomic E-state index is -0.553. The summed E-state index contributed by atoms with van der Waals surface area (Å²) < 4.78 is 14.5. The van der Waals surface area contributed by atoms with Crippen molar-refractivity contribution in [3.8, 4) is 10.4 Å². The third-order valence-electron chi connectivity index (χ3n) is 3.83. The first-order valence-corrected chi connectivity index (χ1v) is 9.55. The van der Waals surface area contributed by atoms with E-state index in [1.165, 1.54) is 9.44 Å². The van der Waals surface area contributed by atoms with Gasteiger partial charge in [0.05, 0.1) is 11.9 Å². The molecule has 3 heterocycles. The van der Waals surface area contributed by atoms with E-state index < -0.39 is 6.67 Å². The van der Waals surface area contributed by atoms with Crippen molar-refractivity contribution in [3.63, 3.8) is 0 Å². The highest BCUT2D eigenvalue weighted by molar-refractivity contribution is 7.20. The van der Waals surface area contributed by atoms with Gasteiger partial charge in [-0.05, 0) is 24.3 Å². The first-order chi connectivity index (χ1) is 11.2. The molecule has 0 fully saturated rings. The van der Waals surface area contributed by atoms with E-state index in [-0.39, 0.29) is 12.1 Å². The van der Waals surface area contributed by atoms with Crippen molar-refractivity contribution in [2.24, 2.45) is 0 Å². The first kappa shape index (κ1) is 16.3. The Hall–Kier alpha value is -1.53. The molecule has 3 aromatic heterocycles. The minimum Gasteiger partial charge on any atom is -0.293 e. The van der Waals surface area contributed by atoms with Crippen LogP contribution in [0.4, 0.5) is 4.39 Å². The number of aromatic nitrogens is 2. The minimum absolute atomic E-state index is 0.0816. The van der Waals surface area contributed by atoms with Crippen LogP contribution in [0.2, 0.25) is 0 Å². The number of alkyl halides is 1. The van der Waals surface area contributed by atoms with Crippen LogP contribution in [-0.2, 0) is 19.4 Å². The molecule has 3 aromatic rings. The van der Waals surface area contributed by atoms with E-state index in [1.54, 1.807) is 22.7 Å². The van der Waals surface area contributed by atoms with Crippen molar-refractivity contribution in [1.82, 2.24) is 9.55 Å².